The first kappa shape index (κ1) is 17.4. The molecule has 106 valence electrons. The normalized spacial score (nSPS) is 10.7. The van der Waals surface area contributed by atoms with E-state index in [0.29, 0.717) is 12.5 Å². The van der Waals surface area contributed by atoms with E-state index in [0.717, 1.165) is 24.2 Å². The summed E-state index contributed by atoms with van der Waals surface area (Å²) in [5.74, 6) is 1.32. The molecule has 0 saturated heterocycles. The first-order chi connectivity index (χ1) is 9.31. The molecule has 3 heteroatoms. The van der Waals surface area contributed by atoms with Crippen molar-refractivity contribution in [3.63, 3.8) is 0 Å². The topological polar surface area (TPSA) is 34.5 Å². The molecule has 0 spiro atoms. The summed E-state index contributed by atoms with van der Waals surface area (Å²) in [5.41, 5.74) is 0.936. The molecule has 0 unspecified atom stereocenters. The monoisotopic (exact) mass is 262 g/mol. The first-order valence-electron chi connectivity index (χ1n) is 7.01. The van der Waals surface area contributed by atoms with Crippen LogP contribution < -0.4 is 0 Å². The zero-order valence-corrected chi connectivity index (χ0v) is 12.6. The van der Waals surface area contributed by atoms with Crippen LogP contribution in [0.15, 0.2) is 35.7 Å². The highest BCUT2D eigenvalue weighted by Gasteiger charge is 2.07. The number of aromatic nitrogens is 1. The molecule has 0 saturated carbocycles. The highest BCUT2D eigenvalue weighted by atomic mass is 16.5. The standard InChI is InChI=1S/C14H20N2O.C2H6/c1-4-12(5-2)11-17-14(10-15-3)13-7-6-8-16-9-13;1-2/h6-10,12H,3-5,11H2,1-2H3;1-2H3/b14-10-;. The van der Waals surface area contributed by atoms with Gasteiger partial charge in [-0.05, 0) is 24.8 Å². The molecule has 0 atom stereocenters. The lowest BCUT2D eigenvalue weighted by atomic mass is 10.1. The van der Waals surface area contributed by atoms with Gasteiger partial charge in [-0.1, -0.05) is 40.5 Å². The second kappa shape index (κ2) is 11.5. The predicted octanol–water partition coefficient (Wildman–Crippen LogP) is 4.56. The summed E-state index contributed by atoms with van der Waals surface area (Å²) in [4.78, 5) is 7.85. The number of nitrogens with zero attached hydrogens (tertiary/aromatic N) is 2. The van der Waals surface area contributed by atoms with E-state index in [1.165, 1.54) is 0 Å². The Morgan fingerprint density at radius 2 is 2.11 bits per heavy atom. The van der Waals surface area contributed by atoms with Crippen LogP contribution >= 0.6 is 0 Å². The van der Waals surface area contributed by atoms with Crippen LogP contribution in [0.5, 0.6) is 0 Å². The highest BCUT2D eigenvalue weighted by Crippen LogP contribution is 2.18. The molecule has 0 aliphatic carbocycles. The largest absolute Gasteiger partial charge is 0.491 e. The van der Waals surface area contributed by atoms with Crippen molar-refractivity contribution in [1.82, 2.24) is 4.98 Å². The van der Waals surface area contributed by atoms with Gasteiger partial charge in [-0.25, -0.2) is 0 Å². The van der Waals surface area contributed by atoms with Crippen LogP contribution in [0.3, 0.4) is 0 Å². The van der Waals surface area contributed by atoms with E-state index in [4.69, 9.17) is 4.74 Å². The summed E-state index contributed by atoms with van der Waals surface area (Å²) in [6, 6.07) is 3.84. The van der Waals surface area contributed by atoms with Crippen LogP contribution in [0.4, 0.5) is 0 Å². The molecule has 1 heterocycles. The fourth-order valence-corrected chi connectivity index (χ4v) is 1.52. The van der Waals surface area contributed by atoms with E-state index >= 15 is 0 Å². The lowest BCUT2D eigenvalue weighted by Gasteiger charge is -2.15. The summed E-state index contributed by atoms with van der Waals surface area (Å²) in [6.07, 6.45) is 7.39. The van der Waals surface area contributed by atoms with Gasteiger partial charge in [0, 0.05) is 18.0 Å². The molecule has 1 aromatic rings. The maximum absolute atomic E-state index is 5.80. The Morgan fingerprint density at radius 3 is 2.58 bits per heavy atom. The van der Waals surface area contributed by atoms with Gasteiger partial charge in [0.25, 0.3) is 0 Å². The van der Waals surface area contributed by atoms with Gasteiger partial charge in [0.2, 0.25) is 0 Å². The minimum absolute atomic E-state index is 0.583. The Bertz CT molecular complexity index is 356. The van der Waals surface area contributed by atoms with Crippen molar-refractivity contribution in [3.8, 4) is 0 Å². The molecule has 0 fully saturated rings. The number of hydrogen-bond acceptors (Lipinski definition) is 3. The summed E-state index contributed by atoms with van der Waals surface area (Å²) in [5, 5.41) is 0. The lowest BCUT2D eigenvalue weighted by Crippen LogP contribution is -2.07. The number of hydrogen-bond donors (Lipinski definition) is 0. The van der Waals surface area contributed by atoms with Gasteiger partial charge >= 0.3 is 0 Å². The van der Waals surface area contributed by atoms with Crippen molar-refractivity contribution in [2.75, 3.05) is 6.61 Å². The highest BCUT2D eigenvalue weighted by molar-refractivity contribution is 5.59. The van der Waals surface area contributed by atoms with Crippen molar-refractivity contribution in [2.24, 2.45) is 10.9 Å². The van der Waals surface area contributed by atoms with Crippen molar-refractivity contribution in [2.45, 2.75) is 40.5 Å². The number of ether oxygens (including phenoxy) is 1. The van der Waals surface area contributed by atoms with Crippen LogP contribution in [0.1, 0.15) is 46.1 Å². The molecular formula is C16H26N2O. The van der Waals surface area contributed by atoms with Gasteiger partial charge in [-0.3, -0.25) is 9.98 Å². The third kappa shape index (κ3) is 6.75. The third-order valence-electron chi connectivity index (χ3n) is 2.78. The molecule has 1 aromatic heterocycles. The number of aliphatic imine (C=N–C) groups is 1. The summed E-state index contributed by atoms with van der Waals surface area (Å²) >= 11 is 0. The van der Waals surface area contributed by atoms with E-state index < -0.39 is 0 Å². The second-order valence-electron chi connectivity index (χ2n) is 3.91. The van der Waals surface area contributed by atoms with E-state index in [9.17, 15) is 0 Å². The average Bonchev–Trinajstić information content (AvgIpc) is 2.50. The fourth-order valence-electron chi connectivity index (χ4n) is 1.52. The Labute approximate surface area is 117 Å². The van der Waals surface area contributed by atoms with Crippen LogP contribution in [-0.2, 0) is 4.74 Å². The van der Waals surface area contributed by atoms with Crippen LogP contribution in [-0.4, -0.2) is 18.3 Å². The summed E-state index contributed by atoms with van der Waals surface area (Å²) in [6.45, 7) is 12.5. The smallest absolute Gasteiger partial charge is 0.146 e. The van der Waals surface area contributed by atoms with E-state index in [1.54, 1.807) is 18.6 Å². The second-order valence-corrected chi connectivity index (χ2v) is 3.91. The minimum Gasteiger partial charge on any atom is -0.491 e. The molecule has 0 aliphatic heterocycles. The van der Waals surface area contributed by atoms with Crippen molar-refractivity contribution in [3.05, 3.63) is 36.3 Å². The van der Waals surface area contributed by atoms with Crippen LogP contribution in [0, 0.1) is 5.92 Å². The Balaban J connectivity index is 0.00000154. The molecule has 0 aromatic carbocycles. The SMILES string of the molecule is C=N/C=C(\OCC(CC)CC)c1cccnc1.CC. The molecule has 0 amide bonds. The molecule has 1 rings (SSSR count). The van der Waals surface area contributed by atoms with Gasteiger partial charge in [0.15, 0.2) is 0 Å². The average molecular weight is 262 g/mol. The van der Waals surface area contributed by atoms with Crippen molar-refractivity contribution < 1.29 is 4.74 Å². The fraction of sp³-hybridized carbons (Fsp3) is 0.500. The van der Waals surface area contributed by atoms with Gasteiger partial charge in [0.1, 0.15) is 5.76 Å². The van der Waals surface area contributed by atoms with E-state index in [1.807, 2.05) is 26.0 Å². The van der Waals surface area contributed by atoms with Crippen molar-refractivity contribution in [1.29, 1.82) is 0 Å². The lowest BCUT2D eigenvalue weighted by molar-refractivity contribution is 0.209. The Morgan fingerprint density at radius 1 is 1.42 bits per heavy atom. The van der Waals surface area contributed by atoms with Crippen LogP contribution in [0.2, 0.25) is 0 Å². The van der Waals surface area contributed by atoms with Crippen molar-refractivity contribution >= 4 is 12.5 Å². The molecule has 19 heavy (non-hydrogen) atoms. The van der Waals surface area contributed by atoms with Gasteiger partial charge in [-0.15, -0.1) is 0 Å². The summed E-state index contributed by atoms with van der Waals surface area (Å²) < 4.78 is 5.80. The maximum Gasteiger partial charge on any atom is 0.146 e. The maximum atomic E-state index is 5.80. The molecule has 0 aliphatic rings. The zero-order chi connectivity index (χ0) is 14.5. The van der Waals surface area contributed by atoms with E-state index in [2.05, 4.69) is 30.5 Å². The number of pyridine rings is 1. The van der Waals surface area contributed by atoms with Gasteiger partial charge in [-0.2, -0.15) is 0 Å². The minimum atomic E-state index is 0.583. The van der Waals surface area contributed by atoms with E-state index in [-0.39, 0.29) is 0 Å². The molecule has 0 radical (unpaired) electrons. The quantitative estimate of drug-likeness (QED) is 0.533. The Kier molecular flexibility index (Phi) is 10.5. The summed E-state index contributed by atoms with van der Waals surface area (Å²) in [7, 11) is 0. The van der Waals surface area contributed by atoms with Crippen LogP contribution in [0.25, 0.3) is 5.76 Å². The molecule has 3 nitrogen and oxygen atoms in total. The predicted molar refractivity (Wildman–Crippen MR) is 83.1 cm³/mol. The van der Waals surface area contributed by atoms with Gasteiger partial charge in [0.05, 0.1) is 12.8 Å². The first-order valence-corrected chi connectivity index (χ1v) is 7.01. The Hall–Kier alpha value is -1.64. The molecule has 0 bridgehead atoms. The number of rotatable bonds is 7. The zero-order valence-electron chi connectivity index (χ0n) is 12.6. The molecular weight excluding hydrogens is 236 g/mol. The third-order valence-corrected chi connectivity index (χ3v) is 2.78. The molecule has 0 N–H and O–H groups in total. The van der Waals surface area contributed by atoms with Gasteiger partial charge < -0.3 is 4.74 Å².